The molecule has 2 heterocycles. The Labute approximate surface area is 120 Å². The van der Waals surface area contributed by atoms with Gasteiger partial charge in [0.25, 0.3) is 0 Å². The number of amides is 1. The molecule has 1 unspecified atom stereocenters. The highest BCUT2D eigenvalue weighted by atomic mass is 16.1. The molecule has 3 N–H and O–H groups in total. The zero-order valence-electron chi connectivity index (χ0n) is 12.6. The quantitative estimate of drug-likeness (QED) is 0.814. The van der Waals surface area contributed by atoms with Crippen LogP contribution in [0.1, 0.15) is 37.1 Å². The van der Waals surface area contributed by atoms with Crippen LogP contribution in [0.3, 0.4) is 0 Å². The number of hydrogen-bond acceptors (Lipinski definition) is 4. The lowest BCUT2D eigenvalue weighted by atomic mass is 10.0. The SMILES string of the molecule is Cc1nn(C)cc1C(C)NC1CCN(CC(N)=O)CC1. The number of primary amides is 1. The molecule has 0 radical (unpaired) electrons. The van der Waals surface area contributed by atoms with Gasteiger partial charge in [0.1, 0.15) is 0 Å². The van der Waals surface area contributed by atoms with Crippen molar-refractivity contribution in [2.24, 2.45) is 12.8 Å². The second-order valence-electron chi connectivity index (χ2n) is 5.75. The van der Waals surface area contributed by atoms with E-state index in [1.54, 1.807) is 0 Å². The van der Waals surface area contributed by atoms with Crippen LogP contribution in [0.15, 0.2) is 6.20 Å². The summed E-state index contributed by atoms with van der Waals surface area (Å²) in [7, 11) is 1.95. The van der Waals surface area contributed by atoms with Crippen LogP contribution in [-0.4, -0.2) is 46.3 Å². The Hall–Kier alpha value is -1.40. The maximum atomic E-state index is 10.9. The third-order valence-electron chi connectivity index (χ3n) is 3.97. The smallest absolute Gasteiger partial charge is 0.231 e. The van der Waals surface area contributed by atoms with E-state index >= 15 is 0 Å². The molecule has 20 heavy (non-hydrogen) atoms. The lowest BCUT2D eigenvalue weighted by Gasteiger charge is -2.33. The molecule has 6 heteroatoms. The van der Waals surface area contributed by atoms with E-state index in [1.165, 1.54) is 5.56 Å². The number of carbonyl (C=O) groups excluding carboxylic acids is 1. The van der Waals surface area contributed by atoms with Gasteiger partial charge in [0.2, 0.25) is 5.91 Å². The molecule has 1 aliphatic rings. The van der Waals surface area contributed by atoms with E-state index in [2.05, 4.69) is 28.4 Å². The molecule has 2 rings (SSSR count). The molecular weight excluding hydrogens is 254 g/mol. The number of aryl methyl sites for hydroxylation is 2. The molecule has 0 spiro atoms. The van der Waals surface area contributed by atoms with Gasteiger partial charge in [-0.25, -0.2) is 0 Å². The second kappa shape index (κ2) is 6.37. The summed E-state index contributed by atoms with van der Waals surface area (Å²) in [6.45, 7) is 6.46. The lowest BCUT2D eigenvalue weighted by molar-refractivity contribution is -0.119. The van der Waals surface area contributed by atoms with Gasteiger partial charge in [-0.15, -0.1) is 0 Å². The molecule has 112 valence electrons. The Balaban J connectivity index is 1.83. The van der Waals surface area contributed by atoms with Crippen LogP contribution in [0.4, 0.5) is 0 Å². The lowest BCUT2D eigenvalue weighted by Crippen LogP contribution is -2.45. The van der Waals surface area contributed by atoms with Crippen LogP contribution in [0, 0.1) is 6.92 Å². The normalized spacial score (nSPS) is 19.1. The Morgan fingerprint density at radius 3 is 2.70 bits per heavy atom. The molecule has 1 aliphatic heterocycles. The molecule has 6 nitrogen and oxygen atoms in total. The highest BCUT2D eigenvalue weighted by molar-refractivity contribution is 5.75. The van der Waals surface area contributed by atoms with Crippen LogP contribution < -0.4 is 11.1 Å². The number of nitrogens with one attached hydrogen (secondary N) is 1. The fourth-order valence-corrected chi connectivity index (χ4v) is 2.96. The molecule has 1 fully saturated rings. The van der Waals surface area contributed by atoms with Crippen LogP contribution in [-0.2, 0) is 11.8 Å². The van der Waals surface area contributed by atoms with Crippen molar-refractivity contribution >= 4 is 5.91 Å². The maximum absolute atomic E-state index is 10.9. The van der Waals surface area contributed by atoms with Crippen LogP contribution >= 0.6 is 0 Å². The van der Waals surface area contributed by atoms with Gasteiger partial charge in [-0.1, -0.05) is 0 Å². The van der Waals surface area contributed by atoms with Crippen molar-refractivity contribution in [3.63, 3.8) is 0 Å². The van der Waals surface area contributed by atoms with E-state index in [4.69, 9.17) is 5.73 Å². The summed E-state index contributed by atoms with van der Waals surface area (Å²) in [5.74, 6) is -0.240. The summed E-state index contributed by atoms with van der Waals surface area (Å²) in [5, 5.41) is 8.05. The Bertz CT molecular complexity index is 462. The highest BCUT2D eigenvalue weighted by Crippen LogP contribution is 2.19. The summed E-state index contributed by atoms with van der Waals surface area (Å²) in [6.07, 6.45) is 4.18. The van der Waals surface area contributed by atoms with E-state index in [9.17, 15) is 4.79 Å². The minimum Gasteiger partial charge on any atom is -0.369 e. The monoisotopic (exact) mass is 279 g/mol. The van der Waals surface area contributed by atoms with Crippen LogP contribution in [0.5, 0.6) is 0 Å². The van der Waals surface area contributed by atoms with Crippen molar-refractivity contribution in [2.45, 2.75) is 38.8 Å². The molecule has 1 saturated heterocycles. The number of piperidine rings is 1. The topological polar surface area (TPSA) is 76.2 Å². The summed E-state index contributed by atoms with van der Waals surface area (Å²) in [4.78, 5) is 13.0. The van der Waals surface area contributed by atoms with E-state index < -0.39 is 0 Å². The number of nitrogens with two attached hydrogens (primary N) is 1. The zero-order chi connectivity index (χ0) is 14.7. The van der Waals surface area contributed by atoms with Crippen molar-refractivity contribution < 1.29 is 4.79 Å². The molecule has 1 aromatic heterocycles. The van der Waals surface area contributed by atoms with Crippen LogP contribution in [0.25, 0.3) is 0 Å². The first-order valence-corrected chi connectivity index (χ1v) is 7.22. The van der Waals surface area contributed by atoms with Gasteiger partial charge in [-0.3, -0.25) is 14.4 Å². The number of hydrogen-bond donors (Lipinski definition) is 2. The third kappa shape index (κ3) is 3.80. The Kier molecular flexibility index (Phi) is 4.77. The molecule has 1 atom stereocenters. The molecular formula is C14H25N5O. The van der Waals surface area contributed by atoms with Gasteiger partial charge >= 0.3 is 0 Å². The van der Waals surface area contributed by atoms with Crippen molar-refractivity contribution in [3.8, 4) is 0 Å². The Morgan fingerprint density at radius 1 is 1.55 bits per heavy atom. The molecule has 0 aromatic carbocycles. The zero-order valence-corrected chi connectivity index (χ0v) is 12.6. The van der Waals surface area contributed by atoms with Crippen molar-refractivity contribution in [1.82, 2.24) is 20.0 Å². The van der Waals surface area contributed by atoms with Gasteiger partial charge in [0.05, 0.1) is 12.2 Å². The molecule has 0 saturated carbocycles. The van der Waals surface area contributed by atoms with Crippen molar-refractivity contribution in [2.75, 3.05) is 19.6 Å². The first-order chi connectivity index (χ1) is 9.45. The largest absolute Gasteiger partial charge is 0.369 e. The number of nitrogens with zero attached hydrogens (tertiary/aromatic N) is 3. The average Bonchev–Trinajstić information content (AvgIpc) is 2.70. The van der Waals surface area contributed by atoms with Gasteiger partial charge in [0.15, 0.2) is 0 Å². The van der Waals surface area contributed by atoms with Crippen molar-refractivity contribution in [3.05, 3.63) is 17.5 Å². The van der Waals surface area contributed by atoms with Gasteiger partial charge < -0.3 is 11.1 Å². The minimum absolute atomic E-state index is 0.240. The summed E-state index contributed by atoms with van der Waals surface area (Å²) in [5.41, 5.74) is 7.57. The second-order valence-corrected chi connectivity index (χ2v) is 5.75. The number of carbonyl (C=O) groups is 1. The third-order valence-corrected chi connectivity index (χ3v) is 3.97. The average molecular weight is 279 g/mol. The van der Waals surface area contributed by atoms with Gasteiger partial charge in [-0.2, -0.15) is 5.10 Å². The number of aromatic nitrogens is 2. The fourth-order valence-electron chi connectivity index (χ4n) is 2.96. The standard InChI is InChI=1S/C14H25N5O/c1-10(13-8-18(3)17-11(13)2)16-12-4-6-19(7-5-12)9-14(15)20/h8,10,12,16H,4-7,9H2,1-3H3,(H2,15,20). The van der Waals surface area contributed by atoms with E-state index in [0.29, 0.717) is 18.6 Å². The molecule has 1 amide bonds. The first kappa shape index (κ1) is 15.0. The minimum atomic E-state index is -0.240. The first-order valence-electron chi connectivity index (χ1n) is 7.22. The fraction of sp³-hybridized carbons (Fsp3) is 0.714. The van der Waals surface area contributed by atoms with E-state index in [-0.39, 0.29) is 5.91 Å². The molecule has 0 aliphatic carbocycles. The van der Waals surface area contributed by atoms with E-state index in [0.717, 1.165) is 31.6 Å². The highest BCUT2D eigenvalue weighted by Gasteiger charge is 2.22. The van der Waals surface area contributed by atoms with Gasteiger partial charge in [-0.05, 0) is 26.7 Å². The summed E-state index contributed by atoms with van der Waals surface area (Å²) < 4.78 is 1.86. The Morgan fingerprint density at radius 2 is 2.20 bits per heavy atom. The predicted octanol–water partition coefficient (Wildman–Crippen LogP) is 0.329. The van der Waals surface area contributed by atoms with Gasteiger partial charge in [0, 0.05) is 44.0 Å². The molecule has 0 bridgehead atoms. The number of likely N-dealkylation sites (tertiary alicyclic amines) is 1. The summed E-state index contributed by atoms with van der Waals surface area (Å²) >= 11 is 0. The van der Waals surface area contributed by atoms with E-state index in [1.807, 2.05) is 18.7 Å². The van der Waals surface area contributed by atoms with Crippen molar-refractivity contribution in [1.29, 1.82) is 0 Å². The number of rotatable bonds is 5. The molecule has 1 aromatic rings. The predicted molar refractivity (Wildman–Crippen MR) is 78.2 cm³/mol. The summed E-state index contributed by atoms with van der Waals surface area (Å²) in [6, 6.07) is 0.796. The maximum Gasteiger partial charge on any atom is 0.231 e. The van der Waals surface area contributed by atoms with Crippen LogP contribution in [0.2, 0.25) is 0 Å².